The van der Waals surface area contributed by atoms with Crippen molar-refractivity contribution in [2.24, 2.45) is 23.2 Å². The van der Waals surface area contributed by atoms with Crippen molar-refractivity contribution in [3.8, 4) is 11.8 Å². The van der Waals surface area contributed by atoms with E-state index in [1.165, 1.54) is 51.4 Å². The maximum atomic E-state index is 12.3. The molecule has 5 fully saturated rings. The summed E-state index contributed by atoms with van der Waals surface area (Å²) in [4.78, 5) is 14.4. The van der Waals surface area contributed by atoms with Gasteiger partial charge in [-0.3, -0.25) is 4.79 Å². The lowest BCUT2D eigenvalue weighted by Crippen LogP contribution is -2.56. The number of hydrogen-bond acceptors (Lipinski definition) is 1. The van der Waals surface area contributed by atoms with Crippen LogP contribution in [0.1, 0.15) is 58.3 Å². The van der Waals surface area contributed by atoms with Gasteiger partial charge >= 0.3 is 0 Å². The van der Waals surface area contributed by atoms with Crippen molar-refractivity contribution in [1.29, 1.82) is 0 Å². The van der Waals surface area contributed by atoms with Crippen LogP contribution in [0.2, 0.25) is 0 Å². The van der Waals surface area contributed by atoms with Crippen molar-refractivity contribution in [3.05, 3.63) is 0 Å². The molecule has 2 nitrogen and oxygen atoms in total. The number of rotatable bonds is 1. The molecule has 4 bridgehead atoms. The van der Waals surface area contributed by atoms with Crippen LogP contribution >= 0.6 is 0 Å². The van der Waals surface area contributed by atoms with E-state index in [-0.39, 0.29) is 5.91 Å². The highest BCUT2D eigenvalue weighted by molar-refractivity contribution is 5.93. The van der Waals surface area contributed by atoms with E-state index in [0.29, 0.717) is 11.5 Å². The summed E-state index contributed by atoms with van der Waals surface area (Å²) in [5.41, 5.74) is 0.469. The molecule has 1 atom stereocenters. The van der Waals surface area contributed by atoms with Gasteiger partial charge in [0.1, 0.15) is 0 Å². The molecular formula is C18H25NO. The van der Waals surface area contributed by atoms with Gasteiger partial charge in [0, 0.05) is 12.6 Å². The summed E-state index contributed by atoms with van der Waals surface area (Å²) < 4.78 is 0. The first-order valence-corrected chi connectivity index (χ1v) is 8.43. The Labute approximate surface area is 122 Å². The molecule has 0 aromatic rings. The van der Waals surface area contributed by atoms with Crippen LogP contribution in [-0.2, 0) is 4.79 Å². The van der Waals surface area contributed by atoms with E-state index >= 15 is 0 Å². The molecule has 0 N–H and O–H groups in total. The first-order chi connectivity index (χ1) is 9.70. The monoisotopic (exact) mass is 271 g/mol. The van der Waals surface area contributed by atoms with Crippen LogP contribution in [0.5, 0.6) is 0 Å². The highest BCUT2D eigenvalue weighted by Crippen LogP contribution is 2.63. The third-order valence-electron chi connectivity index (χ3n) is 6.54. The number of amides is 1. The van der Waals surface area contributed by atoms with Crippen molar-refractivity contribution >= 4 is 5.91 Å². The minimum atomic E-state index is 0.0887. The molecule has 5 aliphatic rings. The molecule has 0 radical (unpaired) electrons. The number of likely N-dealkylation sites (tertiary alicyclic amines) is 1. The summed E-state index contributed by atoms with van der Waals surface area (Å²) in [6, 6.07) is 0.504. The lowest BCUT2D eigenvalue weighted by atomic mass is 9.47. The molecule has 5 rings (SSSR count). The number of nitrogens with zero attached hydrogens (tertiary/aromatic N) is 1. The van der Waals surface area contributed by atoms with Crippen molar-refractivity contribution < 1.29 is 4.79 Å². The topological polar surface area (TPSA) is 20.3 Å². The molecule has 4 saturated carbocycles. The Balaban J connectivity index is 1.62. The van der Waals surface area contributed by atoms with E-state index in [9.17, 15) is 4.79 Å². The van der Waals surface area contributed by atoms with Gasteiger partial charge in [-0.1, -0.05) is 5.92 Å². The SMILES string of the molecule is CC#CC(=O)N1CCCC1C12CC3CC(CC(C3)C1)C2. The van der Waals surface area contributed by atoms with Gasteiger partial charge < -0.3 is 4.90 Å². The second kappa shape index (κ2) is 4.52. The lowest BCUT2D eigenvalue weighted by Gasteiger charge is -2.60. The van der Waals surface area contributed by atoms with Crippen molar-refractivity contribution in [1.82, 2.24) is 4.90 Å². The fraction of sp³-hybridized carbons (Fsp3) is 0.833. The van der Waals surface area contributed by atoms with Crippen molar-refractivity contribution in [3.63, 3.8) is 0 Å². The maximum Gasteiger partial charge on any atom is 0.298 e. The Kier molecular flexibility index (Phi) is 2.88. The Hall–Kier alpha value is -0.970. The maximum absolute atomic E-state index is 12.3. The van der Waals surface area contributed by atoms with E-state index in [1.54, 1.807) is 6.92 Å². The van der Waals surface area contributed by atoms with Crippen LogP contribution in [0.25, 0.3) is 0 Å². The summed E-state index contributed by atoms with van der Waals surface area (Å²) in [7, 11) is 0. The molecule has 1 aliphatic heterocycles. The normalized spacial score (nSPS) is 45.4. The minimum absolute atomic E-state index is 0.0887. The quantitative estimate of drug-likeness (QED) is 0.671. The van der Waals surface area contributed by atoms with E-state index in [4.69, 9.17) is 0 Å². The van der Waals surface area contributed by atoms with E-state index < -0.39 is 0 Å². The van der Waals surface area contributed by atoms with E-state index in [1.807, 2.05) is 0 Å². The molecule has 1 amide bonds. The Morgan fingerprint density at radius 3 is 2.25 bits per heavy atom. The predicted octanol–water partition coefficient (Wildman–Crippen LogP) is 3.22. The highest BCUT2D eigenvalue weighted by atomic mass is 16.2. The molecule has 4 aliphatic carbocycles. The third-order valence-corrected chi connectivity index (χ3v) is 6.54. The van der Waals surface area contributed by atoms with Gasteiger partial charge in [-0.05, 0) is 87.4 Å². The predicted molar refractivity (Wildman–Crippen MR) is 78.8 cm³/mol. The van der Waals surface area contributed by atoms with Crippen LogP contribution in [0.15, 0.2) is 0 Å². The number of carbonyl (C=O) groups is 1. The van der Waals surface area contributed by atoms with Gasteiger partial charge in [0.25, 0.3) is 5.91 Å². The summed E-state index contributed by atoms with van der Waals surface area (Å²) in [5.74, 6) is 8.58. The van der Waals surface area contributed by atoms with Gasteiger partial charge in [-0.15, -0.1) is 0 Å². The highest BCUT2D eigenvalue weighted by Gasteiger charge is 2.56. The molecular weight excluding hydrogens is 246 g/mol. The smallest absolute Gasteiger partial charge is 0.298 e. The van der Waals surface area contributed by atoms with E-state index in [0.717, 1.165) is 24.3 Å². The molecule has 0 aromatic heterocycles. The van der Waals surface area contributed by atoms with E-state index in [2.05, 4.69) is 16.7 Å². The molecule has 0 aromatic carbocycles. The first kappa shape index (κ1) is 12.7. The molecule has 20 heavy (non-hydrogen) atoms. The molecule has 108 valence electrons. The van der Waals surface area contributed by atoms with Gasteiger partial charge in [-0.2, -0.15) is 0 Å². The van der Waals surface area contributed by atoms with Crippen molar-refractivity contribution in [2.45, 2.75) is 64.3 Å². The van der Waals surface area contributed by atoms with Crippen LogP contribution in [0.4, 0.5) is 0 Å². The number of hydrogen-bond donors (Lipinski definition) is 0. The zero-order valence-electron chi connectivity index (χ0n) is 12.5. The second-order valence-corrected chi connectivity index (χ2v) is 7.81. The molecule has 1 saturated heterocycles. The molecule has 1 heterocycles. The Bertz CT molecular complexity index is 448. The van der Waals surface area contributed by atoms with Gasteiger partial charge in [0.2, 0.25) is 0 Å². The van der Waals surface area contributed by atoms with Gasteiger partial charge in [0.15, 0.2) is 0 Å². The first-order valence-electron chi connectivity index (χ1n) is 8.43. The van der Waals surface area contributed by atoms with Gasteiger partial charge in [-0.25, -0.2) is 0 Å². The fourth-order valence-corrected chi connectivity index (χ4v) is 6.41. The Morgan fingerprint density at radius 1 is 1.10 bits per heavy atom. The summed E-state index contributed by atoms with van der Waals surface area (Å²) in [6.45, 7) is 2.72. The third kappa shape index (κ3) is 1.82. The summed E-state index contributed by atoms with van der Waals surface area (Å²) >= 11 is 0. The number of carbonyl (C=O) groups excluding carboxylic acids is 1. The fourth-order valence-electron chi connectivity index (χ4n) is 6.41. The molecule has 1 unspecified atom stereocenters. The van der Waals surface area contributed by atoms with Crippen molar-refractivity contribution in [2.75, 3.05) is 6.54 Å². The van der Waals surface area contributed by atoms with Gasteiger partial charge in [0.05, 0.1) is 0 Å². The van der Waals surface area contributed by atoms with Crippen LogP contribution in [0, 0.1) is 35.0 Å². The second-order valence-electron chi connectivity index (χ2n) is 7.81. The molecule has 0 spiro atoms. The Morgan fingerprint density at radius 2 is 1.70 bits per heavy atom. The average Bonchev–Trinajstić information content (AvgIpc) is 2.87. The lowest BCUT2D eigenvalue weighted by molar-refractivity contribution is -0.136. The van der Waals surface area contributed by atoms with Crippen LogP contribution in [0.3, 0.4) is 0 Å². The largest absolute Gasteiger partial charge is 0.328 e. The minimum Gasteiger partial charge on any atom is -0.328 e. The summed E-state index contributed by atoms with van der Waals surface area (Å²) in [6.07, 6.45) is 11.0. The average molecular weight is 271 g/mol. The van der Waals surface area contributed by atoms with Crippen LogP contribution in [-0.4, -0.2) is 23.4 Å². The zero-order chi connectivity index (χ0) is 13.7. The van der Waals surface area contributed by atoms with Crippen LogP contribution < -0.4 is 0 Å². The standard InChI is InChI=1S/C18H25NO/c1-2-4-17(20)19-6-3-5-16(19)18-10-13-7-14(11-18)9-15(8-13)12-18/h13-16H,3,5-12H2,1H3. The summed E-state index contributed by atoms with van der Waals surface area (Å²) in [5, 5.41) is 0. The zero-order valence-corrected chi connectivity index (χ0v) is 12.5. The molecule has 2 heteroatoms.